The summed E-state index contributed by atoms with van der Waals surface area (Å²) in [6, 6.07) is 9.42. The first-order valence-electron chi connectivity index (χ1n) is 6.48. The van der Waals surface area contributed by atoms with Crippen LogP contribution in [0.2, 0.25) is 0 Å². The molecule has 1 aliphatic heterocycles. The van der Waals surface area contributed by atoms with Crippen LogP contribution in [-0.2, 0) is 11.3 Å². The summed E-state index contributed by atoms with van der Waals surface area (Å²) in [5.74, 6) is 0. The van der Waals surface area contributed by atoms with E-state index in [2.05, 4.69) is 0 Å². The van der Waals surface area contributed by atoms with E-state index >= 15 is 0 Å². The molecule has 0 radical (unpaired) electrons. The van der Waals surface area contributed by atoms with Gasteiger partial charge in [0.05, 0.1) is 6.54 Å². The first-order valence-corrected chi connectivity index (χ1v) is 6.48. The lowest BCUT2D eigenvalue weighted by atomic mass is 10.0. The number of carbonyl (C=O) groups is 1. The van der Waals surface area contributed by atoms with Gasteiger partial charge in [-0.1, -0.05) is 30.3 Å². The van der Waals surface area contributed by atoms with Crippen molar-refractivity contribution in [3.8, 4) is 0 Å². The van der Waals surface area contributed by atoms with E-state index in [1.165, 1.54) is 4.90 Å². The average molecular weight is 266 g/mol. The number of hydrogen-bond donors (Lipinski definition) is 1. The molecule has 0 spiro atoms. The van der Waals surface area contributed by atoms with Crippen LogP contribution >= 0.6 is 0 Å². The number of nitrogens with two attached hydrogens (primary N) is 1. The molecule has 19 heavy (non-hydrogen) atoms. The first kappa shape index (κ1) is 13.8. The third-order valence-electron chi connectivity index (χ3n) is 3.36. The summed E-state index contributed by atoms with van der Waals surface area (Å²) in [4.78, 5) is 13.2. The van der Waals surface area contributed by atoms with Gasteiger partial charge < -0.3 is 15.4 Å². The summed E-state index contributed by atoms with van der Waals surface area (Å²) in [5.41, 5.74) is 4.95. The fourth-order valence-electron chi connectivity index (χ4n) is 2.26. The summed E-state index contributed by atoms with van der Waals surface area (Å²) in [6.07, 6.45) is 0.167. The standard InChI is InChI=1S/C14H19FN2O2/c15-14(6-8-16)7-9-17(11-14)13(18)19-10-12-4-2-1-3-5-12/h1-5H,6-11,16H2. The van der Waals surface area contributed by atoms with Gasteiger partial charge >= 0.3 is 6.09 Å². The van der Waals surface area contributed by atoms with Gasteiger partial charge in [-0.15, -0.1) is 0 Å². The van der Waals surface area contributed by atoms with Gasteiger partial charge in [0, 0.05) is 13.0 Å². The highest BCUT2D eigenvalue weighted by Crippen LogP contribution is 2.28. The van der Waals surface area contributed by atoms with Crippen molar-refractivity contribution in [1.29, 1.82) is 0 Å². The molecule has 1 aliphatic rings. The molecule has 1 aromatic rings. The monoisotopic (exact) mass is 266 g/mol. The van der Waals surface area contributed by atoms with Crippen LogP contribution in [-0.4, -0.2) is 36.3 Å². The zero-order valence-corrected chi connectivity index (χ0v) is 10.8. The highest BCUT2D eigenvalue weighted by atomic mass is 19.1. The van der Waals surface area contributed by atoms with Gasteiger partial charge in [0.1, 0.15) is 12.3 Å². The number of carbonyl (C=O) groups excluding carboxylic acids is 1. The second-order valence-electron chi connectivity index (χ2n) is 4.90. The van der Waals surface area contributed by atoms with Crippen LogP contribution in [0.25, 0.3) is 0 Å². The van der Waals surface area contributed by atoms with E-state index in [0.717, 1.165) is 5.56 Å². The van der Waals surface area contributed by atoms with Crippen LogP contribution in [0, 0.1) is 0 Å². The normalized spacial score (nSPS) is 22.5. The fourth-order valence-corrected chi connectivity index (χ4v) is 2.26. The summed E-state index contributed by atoms with van der Waals surface area (Å²) in [5, 5.41) is 0. The number of benzene rings is 1. The lowest BCUT2D eigenvalue weighted by molar-refractivity contribution is 0.0928. The van der Waals surface area contributed by atoms with E-state index in [-0.39, 0.29) is 19.6 Å². The zero-order chi connectivity index (χ0) is 13.7. The van der Waals surface area contributed by atoms with Gasteiger partial charge in [-0.2, -0.15) is 0 Å². The highest BCUT2D eigenvalue weighted by molar-refractivity contribution is 5.68. The molecule has 5 heteroatoms. The Bertz CT molecular complexity index is 427. The van der Waals surface area contributed by atoms with Crippen LogP contribution in [0.3, 0.4) is 0 Å². The summed E-state index contributed by atoms with van der Waals surface area (Å²) in [7, 11) is 0. The first-order chi connectivity index (χ1) is 9.13. The molecule has 1 saturated heterocycles. The SMILES string of the molecule is NCCC1(F)CCN(C(=O)OCc2ccccc2)C1. The van der Waals surface area contributed by atoms with Crippen molar-refractivity contribution in [3.05, 3.63) is 35.9 Å². The minimum Gasteiger partial charge on any atom is -0.445 e. The molecule has 2 N–H and O–H groups in total. The molecule has 0 saturated carbocycles. The third kappa shape index (κ3) is 3.67. The topological polar surface area (TPSA) is 55.6 Å². The minimum atomic E-state index is -1.35. The van der Waals surface area contributed by atoms with Crippen LogP contribution in [0.4, 0.5) is 9.18 Å². The number of amides is 1. The van der Waals surface area contributed by atoms with E-state index in [0.29, 0.717) is 19.5 Å². The van der Waals surface area contributed by atoms with E-state index in [1.807, 2.05) is 30.3 Å². The van der Waals surface area contributed by atoms with Crippen molar-refractivity contribution in [3.63, 3.8) is 0 Å². The summed E-state index contributed by atoms with van der Waals surface area (Å²) >= 11 is 0. The summed E-state index contributed by atoms with van der Waals surface area (Å²) in [6.45, 7) is 0.984. The quantitative estimate of drug-likeness (QED) is 0.907. The molecule has 0 bridgehead atoms. The second kappa shape index (κ2) is 6.02. The van der Waals surface area contributed by atoms with Gasteiger partial charge in [-0.05, 0) is 18.5 Å². The van der Waals surface area contributed by atoms with E-state index in [4.69, 9.17) is 10.5 Å². The maximum Gasteiger partial charge on any atom is 0.410 e. The molecular weight excluding hydrogens is 247 g/mol. The van der Waals surface area contributed by atoms with Crippen LogP contribution in [0.1, 0.15) is 18.4 Å². The molecule has 4 nitrogen and oxygen atoms in total. The van der Waals surface area contributed by atoms with Crippen LogP contribution in [0.5, 0.6) is 0 Å². The molecular formula is C14H19FN2O2. The number of hydrogen-bond acceptors (Lipinski definition) is 3. The Balaban J connectivity index is 1.82. The minimum absolute atomic E-state index is 0.0812. The molecule has 0 aromatic heterocycles. The number of alkyl halides is 1. The van der Waals surface area contributed by atoms with E-state index < -0.39 is 11.8 Å². The molecule has 1 amide bonds. The highest BCUT2D eigenvalue weighted by Gasteiger charge is 2.40. The van der Waals surface area contributed by atoms with Crippen molar-refractivity contribution in [2.45, 2.75) is 25.1 Å². The van der Waals surface area contributed by atoms with Crippen molar-refractivity contribution in [1.82, 2.24) is 4.90 Å². The Hall–Kier alpha value is -1.62. The molecule has 1 atom stereocenters. The Morgan fingerprint density at radius 2 is 2.16 bits per heavy atom. The molecule has 1 unspecified atom stereocenters. The number of likely N-dealkylation sites (tertiary alicyclic amines) is 1. The number of ether oxygens (including phenoxy) is 1. The Morgan fingerprint density at radius 1 is 1.42 bits per heavy atom. The van der Waals surface area contributed by atoms with E-state index in [9.17, 15) is 9.18 Å². The lowest BCUT2D eigenvalue weighted by Gasteiger charge is -2.20. The fraction of sp³-hybridized carbons (Fsp3) is 0.500. The Labute approximate surface area is 112 Å². The number of rotatable bonds is 4. The van der Waals surface area contributed by atoms with Crippen molar-refractivity contribution < 1.29 is 13.9 Å². The molecule has 2 rings (SSSR count). The lowest BCUT2D eigenvalue weighted by Crippen LogP contribution is -2.34. The third-order valence-corrected chi connectivity index (χ3v) is 3.36. The molecule has 1 heterocycles. The Morgan fingerprint density at radius 3 is 2.84 bits per heavy atom. The maximum absolute atomic E-state index is 14.2. The summed E-state index contributed by atoms with van der Waals surface area (Å²) < 4.78 is 19.3. The Kier molecular flexibility index (Phi) is 4.37. The van der Waals surface area contributed by atoms with Gasteiger partial charge in [-0.3, -0.25) is 0 Å². The van der Waals surface area contributed by atoms with Crippen LogP contribution < -0.4 is 5.73 Å². The second-order valence-corrected chi connectivity index (χ2v) is 4.90. The van der Waals surface area contributed by atoms with Crippen LogP contribution in [0.15, 0.2) is 30.3 Å². The van der Waals surface area contributed by atoms with Crippen molar-refractivity contribution in [2.75, 3.05) is 19.6 Å². The molecule has 104 valence electrons. The molecule has 0 aliphatic carbocycles. The predicted octanol–water partition coefficient (Wildman–Crippen LogP) is 2.09. The molecule has 1 aromatic carbocycles. The van der Waals surface area contributed by atoms with Gasteiger partial charge in [-0.25, -0.2) is 9.18 Å². The molecule has 1 fully saturated rings. The van der Waals surface area contributed by atoms with Gasteiger partial charge in [0.15, 0.2) is 0 Å². The van der Waals surface area contributed by atoms with Gasteiger partial charge in [0.25, 0.3) is 0 Å². The predicted molar refractivity (Wildman–Crippen MR) is 70.3 cm³/mol. The van der Waals surface area contributed by atoms with Crippen molar-refractivity contribution in [2.24, 2.45) is 5.73 Å². The number of nitrogens with zero attached hydrogens (tertiary/aromatic N) is 1. The zero-order valence-electron chi connectivity index (χ0n) is 10.8. The largest absolute Gasteiger partial charge is 0.445 e. The van der Waals surface area contributed by atoms with E-state index in [1.54, 1.807) is 0 Å². The van der Waals surface area contributed by atoms with Crippen molar-refractivity contribution >= 4 is 6.09 Å². The maximum atomic E-state index is 14.2. The smallest absolute Gasteiger partial charge is 0.410 e. The number of halogens is 1. The van der Waals surface area contributed by atoms with Gasteiger partial charge in [0.2, 0.25) is 0 Å². The average Bonchev–Trinajstić information content (AvgIpc) is 2.80.